The molecule has 4 heteroatoms. The maximum Gasteiger partial charge on any atom is 0.225 e. The highest BCUT2D eigenvalue weighted by Crippen LogP contribution is 2.14. The minimum absolute atomic E-state index is 0.105. The van der Waals surface area contributed by atoms with Crippen molar-refractivity contribution >= 4 is 5.91 Å². The summed E-state index contributed by atoms with van der Waals surface area (Å²) in [6.07, 6.45) is 1.02. The van der Waals surface area contributed by atoms with Gasteiger partial charge in [-0.1, -0.05) is 26.0 Å². The number of nitrogens with zero attached hydrogens (tertiary/aromatic N) is 2. The molecule has 1 heterocycles. The van der Waals surface area contributed by atoms with E-state index in [0.29, 0.717) is 0 Å². The summed E-state index contributed by atoms with van der Waals surface area (Å²) in [4.78, 5) is 16.4. The van der Waals surface area contributed by atoms with Crippen LogP contribution in [0.15, 0.2) is 24.3 Å². The van der Waals surface area contributed by atoms with Crippen molar-refractivity contribution in [2.75, 3.05) is 39.8 Å². The first-order valence-electron chi connectivity index (χ1n) is 7.74. The van der Waals surface area contributed by atoms with Gasteiger partial charge in [0.15, 0.2) is 0 Å². The Labute approximate surface area is 127 Å². The highest BCUT2D eigenvalue weighted by atomic mass is 16.5. The van der Waals surface area contributed by atoms with Gasteiger partial charge in [0.05, 0.1) is 7.11 Å². The smallest absolute Gasteiger partial charge is 0.225 e. The summed E-state index contributed by atoms with van der Waals surface area (Å²) < 4.78 is 5.25. The van der Waals surface area contributed by atoms with Crippen molar-refractivity contribution in [2.24, 2.45) is 5.92 Å². The Morgan fingerprint density at radius 3 is 2.57 bits per heavy atom. The van der Waals surface area contributed by atoms with E-state index in [1.165, 1.54) is 5.56 Å². The molecule has 0 aromatic heterocycles. The van der Waals surface area contributed by atoms with Crippen molar-refractivity contribution in [3.63, 3.8) is 0 Å². The molecule has 0 radical (unpaired) electrons. The second-order valence-corrected chi connectivity index (χ2v) is 5.92. The standard InChI is InChI=1S/C17H26N2O2/c1-14(2)17(20)19-11-9-18(10-12-19)8-7-15-5-4-6-16(13-15)21-3/h4-6,13-14H,7-12H2,1-3H3. The van der Waals surface area contributed by atoms with Gasteiger partial charge in [-0.2, -0.15) is 0 Å². The zero-order valence-electron chi connectivity index (χ0n) is 13.3. The molecule has 1 fully saturated rings. The lowest BCUT2D eigenvalue weighted by atomic mass is 10.1. The van der Waals surface area contributed by atoms with Gasteiger partial charge in [-0.25, -0.2) is 0 Å². The van der Waals surface area contributed by atoms with Crippen molar-refractivity contribution in [3.8, 4) is 5.75 Å². The Bertz CT molecular complexity index is 466. The Morgan fingerprint density at radius 2 is 1.95 bits per heavy atom. The van der Waals surface area contributed by atoms with Crippen molar-refractivity contribution in [2.45, 2.75) is 20.3 Å². The van der Waals surface area contributed by atoms with Gasteiger partial charge in [0.2, 0.25) is 5.91 Å². The highest BCUT2D eigenvalue weighted by molar-refractivity contribution is 5.78. The molecule has 0 N–H and O–H groups in total. The molecule has 116 valence electrons. The van der Waals surface area contributed by atoms with E-state index in [9.17, 15) is 4.79 Å². The number of carbonyl (C=O) groups is 1. The number of rotatable bonds is 5. The number of ether oxygens (including phenoxy) is 1. The van der Waals surface area contributed by atoms with Crippen LogP contribution in [0, 0.1) is 5.92 Å². The first-order chi connectivity index (χ1) is 10.1. The largest absolute Gasteiger partial charge is 0.497 e. The van der Waals surface area contributed by atoms with Crippen LogP contribution in [0.1, 0.15) is 19.4 Å². The minimum atomic E-state index is 0.105. The number of hydrogen-bond acceptors (Lipinski definition) is 3. The Kier molecular flexibility index (Phi) is 5.62. The normalized spacial score (nSPS) is 16.3. The van der Waals surface area contributed by atoms with Crippen molar-refractivity contribution in [1.82, 2.24) is 9.80 Å². The summed E-state index contributed by atoms with van der Waals surface area (Å²) in [5.74, 6) is 1.30. The maximum absolute atomic E-state index is 11.9. The van der Waals surface area contributed by atoms with Crippen molar-refractivity contribution < 1.29 is 9.53 Å². The molecular weight excluding hydrogens is 264 g/mol. The summed E-state index contributed by atoms with van der Waals surface area (Å²) in [7, 11) is 1.70. The quantitative estimate of drug-likeness (QED) is 0.832. The van der Waals surface area contributed by atoms with Gasteiger partial charge in [0.25, 0.3) is 0 Å². The Hall–Kier alpha value is -1.55. The molecule has 1 aromatic carbocycles. The molecule has 0 aliphatic carbocycles. The molecule has 1 saturated heterocycles. The van der Waals surface area contributed by atoms with E-state index >= 15 is 0 Å². The van der Waals surface area contributed by atoms with Gasteiger partial charge in [-0.15, -0.1) is 0 Å². The summed E-state index contributed by atoms with van der Waals surface area (Å²) in [6.45, 7) is 8.64. The van der Waals surface area contributed by atoms with Crippen LogP contribution in [-0.2, 0) is 11.2 Å². The van der Waals surface area contributed by atoms with Crippen LogP contribution >= 0.6 is 0 Å². The van der Waals surface area contributed by atoms with Crippen LogP contribution in [0.4, 0.5) is 0 Å². The summed E-state index contributed by atoms with van der Waals surface area (Å²) in [5, 5.41) is 0. The Balaban J connectivity index is 1.77. The third kappa shape index (κ3) is 4.46. The van der Waals surface area contributed by atoms with E-state index in [-0.39, 0.29) is 11.8 Å². The van der Waals surface area contributed by atoms with E-state index in [1.807, 2.05) is 30.9 Å². The monoisotopic (exact) mass is 290 g/mol. The average Bonchev–Trinajstić information content (AvgIpc) is 2.53. The van der Waals surface area contributed by atoms with E-state index in [2.05, 4.69) is 17.0 Å². The third-order valence-corrected chi connectivity index (χ3v) is 4.03. The van der Waals surface area contributed by atoms with Crippen LogP contribution in [0.25, 0.3) is 0 Å². The number of piperazine rings is 1. The molecule has 2 rings (SSSR count). The van der Waals surface area contributed by atoms with Crippen LogP contribution in [0.3, 0.4) is 0 Å². The number of methoxy groups -OCH3 is 1. The topological polar surface area (TPSA) is 32.8 Å². The zero-order valence-corrected chi connectivity index (χ0v) is 13.3. The second-order valence-electron chi connectivity index (χ2n) is 5.92. The SMILES string of the molecule is COc1cccc(CCN2CCN(C(=O)C(C)C)CC2)c1. The van der Waals surface area contributed by atoms with Gasteiger partial charge >= 0.3 is 0 Å². The van der Waals surface area contributed by atoms with Crippen LogP contribution in [0.2, 0.25) is 0 Å². The minimum Gasteiger partial charge on any atom is -0.497 e. The molecule has 0 unspecified atom stereocenters. The number of carbonyl (C=O) groups excluding carboxylic acids is 1. The molecule has 0 saturated carbocycles. The lowest BCUT2D eigenvalue weighted by molar-refractivity contribution is -0.136. The molecule has 1 amide bonds. The molecule has 21 heavy (non-hydrogen) atoms. The van der Waals surface area contributed by atoms with Gasteiger partial charge in [0, 0.05) is 38.6 Å². The van der Waals surface area contributed by atoms with Crippen LogP contribution in [-0.4, -0.2) is 55.5 Å². The molecule has 1 aliphatic rings. The number of amides is 1. The van der Waals surface area contributed by atoms with Crippen LogP contribution < -0.4 is 4.74 Å². The number of hydrogen-bond donors (Lipinski definition) is 0. The molecular formula is C17H26N2O2. The summed E-state index contributed by atoms with van der Waals surface area (Å²) in [5.41, 5.74) is 1.30. The van der Waals surface area contributed by atoms with Gasteiger partial charge in [-0.3, -0.25) is 9.69 Å². The van der Waals surface area contributed by atoms with Crippen molar-refractivity contribution in [1.29, 1.82) is 0 Å². The van der Waals surface area contributed by atoms with Crippen LogP contribution in [0.5, 0.6) is 5.75 Å². The first-order valence-corrected chi connectivity index (χ1v) is 7.74. The molecule has 0 bridgehead atoms. The van der Waals surface area contributed by atoms with E-state index < -0.39 is 0 Å². The second kappa shape index (κ2) is 7.46. The third-order valence-electron chi connectivity index (χ3n) is 4.03. The zero-order chi connectivity index (χ0) is 15.2. The fourth-order valence-corrected chi connectivity index (χ4v) is 2.67. The van der Waals surface area contributed by atoms with Gasteiger partial charge < -0.3 is 9.64 Å². The highest BCUT2D eigenvalue weighted by Gasteiger charge is 2.22. The van der Waals surface area contributed by atoms with E-state index in [4.69, 9.17) is 4.74 Å². The average molecular weight is 290 g/mol. The van der Waals surface area contributed by atoms with E-state index in [1.54, 1.807) is 7.11 Å². The molecule has 0 atom stereocenters. The molecule has 4 nitrogen and oxygen atoms in total. The maximum atomic E-state index is 11.9. The molecule has 1 aromatic rings. The lowest BCUT2D eigenvalue weighted by Gasteiger charge is -2.35. The first kappa shape index (κ1) is 15.8. The molecule has 0 spiro atoms. The fourth-order valence-electron chi connectivity index (χ4n) is 2.67. The van der Waals surface area contributed by atoms with Gasteiger partial charge in [0.1, 0.15) is 5.75 Å². The summed E-state index contributed by atoms with van der Waals surface area (Å²) in [6, 6.07) is 8.24. The number of benzene rings is 1. The predicted molar refractivity (Wildman–Crippen MR) is 84.6 cm³/mol. The Morgan fingerprint density at radius 1 is 1.24 bits per heavy atom. The molecule has 1 aliphatic heterocycles. The predicted octanol–water partition coefficient (Wildman–Crippen LogP) is 2.04. The lowest BCUT2D eigenvalue weighted by Crippen LogP contribution is -2.50. The van der Waals surface area contributed by atoms with E-state index in [0.717, 1.165) is 44.9 Å². The van der Waals surface area contributed by atoms with Crippen molar-refractivity contribution in [3.05, 3.63) is 29.8 Å². The van der Waals surface area contributed by atoms with Gasteiger partial charge in [-0.05, 0) is 24.1 Å². The summed E-state index contributed by atoms with van der Waals surface area (Å²) >= 11 is 0. The fraction of sp³-hybridized carbons (Fsp3) is 0.588.